The Balaban J connectivity index is 4.22. The summed E-state index contributed by atoms with van der Waals surface area (Å²) >= 11 is 0. The van der Waals surface area contributed by atoms with Crippen molar-refractivity contribution >= 4 is 5.97 Å². The number of carbonyl (C=O) groups is 1. The number of hydrogen-bond donors (Lipinski definition) is 1. The molecule has 0 radical (unpaired) electrons. The molecule has 48 valence electrons. The molecule has 0 unspecified atom stereocenters. The molecule has 0 aliphatic rings. The van der Waals surface area contributed by atoms with Crippen molar-refractivity contribution in [3.8, 4) is 0 Å². The molecular formula is C7H8O2. The lowest BCUT2D eigenvalue weighted by atomic mass is 10.1. The zero-order valence-electron chi connectivity index (χ0n) is 5.05. The van der Waals surface area contributed by atoms with E-state index in [1.165, 1.54) is 6.08 Å². The highest BCUT2D eigenvalue weighted by atomic mass is 16.4. The van der Waals surface area contributed by atoms with E-state index in [4.69, 9.17) is 5.11 Å². The van der Waals surface area contributed by atoms with Crippen LogP contribution in [-0.2, 0) is 4.79 Å². The van der Waals surface area contributed by atoms with Gasteiger partial charge in [0.1, 0.15) is 0 Å². The van der Waals surface area contributed by atoms with Crippen LogP contribution in [0.2, 0.25) is 0 Å². The summed E-state index contributed by atoms with van der Waals surface area (Å²) in [7, 11) is 0. The third kappa shape index (κ3) is 1.95. The van der Waals surface area contributed by atoms with Gasteiger partial charge < -0.3 is 5.11 Å². The van der Waals surface area contributed by atoms with Gasteiger partial charge in [-0.15, -0.1) is 0 Å². The third-order valence-electron chi connectivity index (χ3n) is 0.892. The molecule has 0 aromatic carbocycles. The standard InChI is InChI=1S/C7H8O2/c1-4-5(2)6(3)7(8)9/h4H,1-3H2,(H,8,9). The SMILES string of the molecule is C=CC(=C)C(=C)C(=O)O. The number of allylic oxidation sites excluding steroid dienone is 1. The number of hydrogen-bond acceptors (Lipinski definition) is 1. The molecule has 0 bridgehead atoms. The summed E-state index contributed by atoms with van der Waals surface area (Å²) in [6.45, 7) is 9.99. The minimum Gasteiger partial charge on any atom is -0.478 e. The van der Waals surface area contributed by atoms with Crippen LogP contribution in [0.25, 0.3) is 0 Å². The molecule has 0 aliphatic heterocycles. The van der Waals surface area contributed by atoms with Crippen LogP contribution in [0, 0.1) is 0 Å². The summed E-state index contributed by atoms with van der Waals surface area (Å²) in [5.41, 5.74) is 0.340. The molecule has 1 N–H and O–H groups in total. The van der Waals surface area contributed by atoms with Gasteiger partial charge in [-0.3, -0.25) is 0 Å². The van der Waals surface area contributed by atoms with Crippen LogP contribution < -0.4 is 0 Å². The maximum Gasteiger partial charge on any atom is 0.335 e. The minimum atomic E-state index is -1.06. The fraction of sp³-hybridized carbons (Fsp3) is 0. The van der Waals surface area contributed by atoms with Gasteiger partial charge in [0, 0.05) is 0 Å². The van der Waals surface area contributed by atoms with Gasteiger partial charge in [0.25, 0.3) is 0 Å². The van der Waals surface area contributed by atoms with Crippen LogP contribution in [-0.4, -0.2) is 11.1 Å². The molecule has 9 heavy (non-hydrogen) atoms. The first kappa shape index (κ1) is 7.69. The van der Waals surface area contributed by atoms with Gasteiger partial charge in [-0.2, -0.15) is 0 Å². The second-order valence-electron chi connectivity index (χ2n) is 1.51. The lowest BCUT2D eigenvalue weighted by Gasteiger charge is -1.94. The smallest absolute Gasteiger partial charge is 0.335 e. The van der Waals surface area contributed by atoms with Crippen molar-refractivity contribution < 1.29 is 9.90 Å². The number of aliphatic carboxylic acids is 1. The van der Waals surface area contributed by atoms with E-state index in [0.717, 1.165) is 0 Å². The van der Waals surface area contributed by atoms with Gasteiger partial charge in [0.05, 0.1) is 5.57 Å². The summed E-state index contributed by atoms with van der Waals surface area (Å²) in [6.07, 6.45) is 1.36. The van der Waals surface area contributed by atoms with E-state index in [0.29, 0.717) is 5.57 Å². The molecule has 0 amide bonds. The maximum atomic E-state index is 10.1. The number of carboxylic acids is 1. The molecule has 0 aromatic heterocycles. The number of rotatable bonds is 3. The molecule has 0 aromatic rings. The van der Waals surface area contributed by atoms with Gasteiger partial charge in [-0.25, -0.2) is 4.79 Å². The first-order valence-electron chi connectivity index (χ1n) is 2.33. The predicted molar refractivity (Wildman–Crippen MR) is 36.1 cm³/mol. The summed E-state index contributed by atoms with van der Waals surface area (Å²) in [6, 6.07) is 0. The van der Waals surface area contributed by atoms with Crippen molar-refractivity contribution in [2.24, 2.45) is 0 Å². The Bertz CT molecular complexity index is 177. The van der Waals surface area contributed by atoms with E-state index < -0.39 is 5.97 Å². The molecule has 0 aliphatic carbocycles. The highest BCUT2D eigenvalue weighted by Crippen LogP contribution is 2.04. The Morgan fingerprint density at radius 3 is 2.00 bits per heavy atom. The Morgan fingerprint density at radius 2 is 1.89 bits per heavy atom. The van der Waals surface area contributed by atoms with Gasteiger partial charge in [-0.1, -0.05) is 25.8 Å². The van der Waals surface area contributed by atoms with E-state index in [2.05, 4.69) is 19.7 Å². The Kier molecular flexibility index (Phi) is 2.45. The van der Waals surface area contributed by atoms with Crippen molar-refractivity contribution in [1.82, 2.24) is 0 Å². The zero-order chi connectivity index (χ0) is 7.44. The van der Waals surface area contributed by atoms with Crippen LogP contribution >= 0.6 is 0 Å². The fourth-order valence-electron chi connectivity index (χ4n) is 0.261. The maximum absolute atomic E-state index is 10.1. The molecule has 0 saturated carbocycles. The predicted octanol–water partition coefficient (Wildman–Crippen LogP) is 1.37. The van der Waals surface area contributed by atoms with Crippen molar-refractivity contribution in [2.75, 3.05) is 0 Å². The van der Waals surface area contributed by atoms with Gasteiger partial charge in [0.15, 0.2) is 0 Å². The lowest BCUT2D eigenvalue weighted by Crippen LogP contribution is -1.98. The molecule has 2 heteroatoms. The molecule has 2 nitrogen and oxygen atoms in total. The largest absolute Gasteiger partial charge is 0.478 e. The van der Waals surface area contributed by atoms with Gasteiger partial charge in [0.2, 0.25) is 0 Å². The summed E-state index contributed by atoms with van der Waals surface area (Å²) in [5.74, 6) is -1.06. The monoisotopic (exact) mass is 124 g/mol. The Morgan fingerprint density at radius 1 is 1.44 bits per heavy atom. The summed E-state index contributed by atoms with van der Waals surface area (Å²) in [4.78, 5) is 10.1. The van der Waals surface area contributed by atoms with E-state index in [-0.39, 0.29) is 5.57 Å². The molecule has 0 atom stereocenters. The quantitative estimate of drug-likeness (QED) is 0.455. The second-order valence-corrected chi connectivity index (χ2v) is 1.51. The normalized spacial score (nSPS) is 8.00. The van der Waals surface area contributed by atoms with E-state index in [1.807, 2.05) is 0 Å². The van der Waals surface area contributed by atoms with E-state index in [9.17, 15) is 4.79 Å². The topological polar surface area (TPSA) is 37.3 Å². The van der Waals surface area contributed by atoms with Crippen molar-refractivity contribution in [3.63, 3.8) is 0 Å². The van der Waals surface area contributed by atoms with Crippen molar-refractivity contribution in [2.45, 2.75) is 0 Å². The second kappa shape index (κ2) is 2.87. The Labute approximate surface area is 53.8 Å². The summed E-state index contributed by atoms with van der Waals surface area (Å²) in [5, 5.41) is 8.28. The van der Waals surface area contributed by atoms with Gasteiger partial charge >= 0.3 is 5.97 Å². The van der Waals surface area contributed by atoms with Crippen LogP contribution in [0.15, 0.2) is 37.0 Å². The minimum absolute atomic E-state index is 0.00926. The molecular weight excluding hydrogens is 116 g/mol. The molecule has 0 saturated heterocycles. The highest BCUT2D eigenvalue weighted by Gasteiger charge is 2.03. The zero-order valence-corrected chi connectivity index (χ0v) is 5.05. The van der Waals surface area contributed by atoms with E-state index >= 15 is 0 Å². The van der Waals surface area contributed by atoms with Crippen molar-refractivity contribution in [3.05, 3.63) is 37.0 Å². The van der Waals surface area contributed by atoms with Crippen LogP contribution in [0.1, 0.15) is 0 Å². The Hall–Kier alpha value is -1.31. The molecule has 0 heterocycles. The van der Waals surface area contributed by atoms with Crippen molar-refractivity contribution in [1.29, 1.82) is 0 Å². The first-order chi connectivity index (χ1) is 4.09. The molecule has 0 rings (SSSR count). The average molecular weight is 124 g/mol. The first-order valence-corrected chi connectivity index (χ1v) is 2.33. The molecule has 0 fully saturated rings. The number of carboxylic acid groups (broad SMARTS) is 1. The van der Waals surface area contributed by atoms with Crippen LogP contribution in [0.5, 0.6) is 0 Å². The third-order valence-corrected chi connectivity index (χ3v) is 0.892. The van der Waals surface area contributed by atoms with Crippen LogP contribution in [0.4, 0.5) is 0 Å². The van der Waals surface area contributed by atoms with Gasteiger partial charge in [-0.05, 0) is 5.57 Å². The van der Waals surface area contributed by atoms with Crippen LogP contribution in [0.3, 0.4) is 0 Å². The molecule has 0 spiro atoms. The average Bonchev–Trinajstić information content (AvgIpc) is 1.84. The summed E-state index contributed by atoms with van der Waals surface area (Å²) < 4.78 is 0. The highest BCUT2D eigenvalue weighted by molar-refractivity contribution is 5.91. The lowest BCUT2D eigenvalue weighted by molar-refractivity contribution is -0.132. The van der Waals surface area contributed by atoms with E-state index in [1.54, 1.807) is 0 Å². The fourth-order valence-corrected chi connectivity index (χ4v) is 0.261.